The van der Waals surface area contributed by atoms with E-state index < -0.39 is 0 Å². The lowest BCUT2D eigenvalue weighted by Crippen LogP contribution is -1.92. The molecule has 0 aliphatic carbocycles. The number of aryl methyl sites for hydroxylation is 2. The van der Waals surface area contributed by atoms with E-state index in [0.717, 1.165) is 11.4 Å². The van der Waals surface area contributed by atoms with Gasteiger partial charge in [-0.3, -0.25) is 0 Å². The van der Waals surface area contributed by atoms with E-state index in [4.69, 9.17) is 0 Å². The maximum Gasteiger partial charge on any atom is 0.0380 e. The molecular weight excluding hydrogens is 220 g/mol. The molecule has 0 atom stereocenters. The summed E-state index contributed by atoms with van der Waals surface area (Å²) in [7, 11) is 0. The van der Waals surface area contributed by atoms with Crippen molar-refractivity contribution in [2.24, 2.45) is 0 Å². The molecule has 0 spiro atoms. The van der Waals surface area contributed by atoms with Gasteiger partial charge in [0.15, 0.2) is 0 Å². The normalized spacial score (nSPS) is 10.6. The van der Waals surface area contributed by atoms with Gasteiger partial charge in [0.05, 0.1) is 0 Å². The first kappa shape index (κ1) is 12.2. The Morgan fingerprint density at radius 3 is 1.28 bits per heavy atom. The molecule has 0 unspecified atom stereocenters. The highest BCUT2D eigenvalue weighted by molar-refractivity contribution is 5.49. The van der Waals surface area contributed by atoms with Crippen LogP contribution in [0.25, 0.3) is 0 Å². The Morgan fingerprint density at radius 1 is 0.611 bits per heavy atom. The zero-order valence-corrected chi connectivity index (χ0v) is 10.8. The second-order valence-electron chi connectivity index (χ2n) is 4.35. The monoisotopic (exact) mass is 238 g/mol. The standard InChI is InChI=1S/C16H18N2/c1-13-3-7-15(8-4-13)17-11-12-18-16-9-5-14(2)6-10-16/h3-12,17-18H,1-2H3. The third-order valence-electron chi connectivity index (χ3n) is 2.69. The largest absolute Gasteiger partial charge is 0.360 e. The van der Waals surface area contributed by atoms with Crippen molar-refractivity contribution in [3.05, 3.63) is 72.1 Å². The van der Waals surface area contributed by atoms with Gasteiger partial charge in [-0.25, -0.2) is 0 Å². The van der Waals surface area contributed by atoms with Gasteiger partial charge in [0, 0.05) is 23.8 Å². The van der Waals surface area contributed by atoms with Crippen molar-refractivity contribution in [2.75, 3.05) is 10.6 Å². The molecule has 0 aliphatic heterocycles. The number of benzene rings is 2. The summed E-state index contributed by atoms with van der Waals surface area (Å²) in [5.41, 5.74) is 4.70. The van der Waals surface area contributed by atoms with Gasteiger partial charge >= 0.3 is 0 Å². The van der Waals surface area contributed by atoms with Crippen LogP contribution >= 0.6 is 0 Å². The van der Waals surface area contributed by atoms with Crippen molar-refractivity contribution < 1.29 is 0 Å². The Balaban J connectivity index is 1.85. The van der Waals surface area contributed by atoms with Crippen LogP contribution in [0.1, 0.15) is 11.1 Å². The number of rotatable bonds is 4. The first-order valence-electron chi connectivity index (χ1n) is 6.05. The zero-order valence-electron chi connectivity index (χ0n) is 10.8. The van der Waals surface area contributed by atoms with Gasteiger partial charge in [0.25, 0.3) is 0 Å². The van der Waals surface area contributed by atoms with Crippen LogP contribution in [0.15, 0.2) is 60.9 Å². The molecule has 2 heteroatoms. The second kappa shape index (κ2) is 5.92. The highest BCUT2D eigenvalue weighted by Crippen LogP contribution is 2.10. The molecule has 0 amide bonds. The first-order valence-corrected chi connectivity index (χ1v) is 6.05. The zero-order chi connectivity index (χ0) is 12.8. The topological polar surface area (TPSA) is 24.1 Å². The molecule has 0 aliphatic rings. The van der Waals surface area contributed by atoms with Gasteiger partial charge in [-0.15, -0.1) is 0 Å². The molecular formula is C16H18N2. The Labute approximate surface area is 108 Å². The van der Waals surface area contributed by atoms with Crippen molar-refractivity contribution in [1.82, 2.24) is 0 Å². The van der Waals surface area contributed by atoms with Crippen molar-refractivity contribution in [3.8, 4) is 0 Å². The highest BCUT2D eigenvalue weighted by Gasteiger charge is 1.88. The van der Waals surface area contributed by atoms with Crippen LogP contribution in [-0.2, 0) is 0 Å². The minimum absolute atomic E-state index is 1.09. The fraction of sp³-hybridized carbons (Fsp3) is 0.125. The lowest BCUT2D eigenvalue weighted by Gasteiger charge is -2.03. The second-order valence-corrected chi connectivity index (χ2v) is 4.35. The van der Waals surface area contributed by atoms with Gasteiger partial charge in [-0.05, 0) is 38.1 Å². The third kappa shape index (κ3) is 3.67. The summed E-state index contributed by atoms with van der Waals surface area (Å²) >= 11 is 0. The van der Waals surface area contributed by atoms with Crippen molar-refractivity contribution in [1.29, 1.82) is 0 Å². The molecule has 18 heavy (non-hydrogen) atoms. The lowest BCUT2D eigenvalue weighted by atomic mass is 10.2. The molecule has 0 saturated heterocycles. The summed E-state index contributed by atoms with van der Waals surface area (Å²) in [6, 6.07) is 16.6. The van der Waals surface area contributed by atoms with E-state index in [1.165, 1.54) is 11.1 Å². The molecule has 0 bridgehead atoms. The predicted molar refractivity (Wildman–Crippen MR) is 78.7 cm³/mol. The predicted octanol–water partition coefficient (Wildman–Crippen LogP) is 4.30. The van der Waals surface area contributed by atoms with E-state index in [1.807, 2.05) is 12.4 Å². The molecule has 0 saturated carbocycles. The lowest BCUT2D eigenvalue weighted by molar-refractivity contribution is 1.44. The van der Waals surface area contributed by atoms with Crippen LogP contribution < -0.4 is 10.6 Å². The van der Waals surface area contributed by atoms with Crippen molar-refractivity contribution >= 4 is 11.4 Å². The fourth-order valence-electron chi connectivity index (χ4n) is 1.58. The van der Waals surface area contributed by atoms with Crippen molar-refractivity contribution in [3.63, 3.8) is 0 Å². The van der Waals surface area contributed by atoms with Gasteiger partial charge in [-0.1, -0.05) is 35.4 Å². The minimum atomic E-state index is 1.09. The smallest absolute Gasteiger partial charge is 0.0380 e. The third-order valence-corrected chi connectivity index (χ3v) is 2.69. The summed E-state index contributed by atoms with van der Waals surface area (Å²) in [4.78, 5) is 0. The van der Waals surface area contributed by atoms with Crippen molar-refractivity contribution in [2.45, 2.75) is 13.8 Å². The summed E-state index contributed by atoms with van der Waals surface area (Å²) < 4.78 is 0. The summed E-state index contributed by atoms with van der Waals surface area (Å²) in [6.45, 7) is 4.16. The van der Waals surface area contributed by atoms with E-state index >= 15 is 0 Å². The van der Waals surface area contributed by atoms with Crippen LogP contribution in [0.4, 0.5) is 11.4 Å². The number of hydrogen-bond donors (Lipinski definition) is 2. The molecule has 2 nitrogen and oxygen atoms in total. The molecule has 2 N–H and O–H groups in total. The maximum absolute atomic E-state index is 3.21. The van der Waals surface area contributed by atoms with Gasteiger partial charge in [-0.2, -0.15) is 0 Å². The highest BCUT2D eigenvalue weighted by atomic mass is 14.9. The van der Waals surface area contributed by atoms with Crippen LogP contribution in [0.5, 0.6) is 0 Å². The molecule has 0 fully saturated rings. The van der Waals surface area contributed by atoms with E-state index in [1.54, 1.807) is 0 Å². The van der Waals surface area contributed by atoms with E-state index in [9.17, 15) is 0 Å². The quantitative estimate of drug-likeness (QED) is 0.830. The Morgan fingerprint density at radius 2 is 0.944 bits per heavy atom. The molecule has 2 rings (SSSR count). The van der Waals surface area contributed by atoms with E-state index in [0.29, 0.717) is 0 Å². The molecule has 0 aromatic heterocycles. The van der Waals surface area contributed by atoms with Gasteiger partial charge in [0.2, 0.25) is 0 Å². The number of hydrogen-bond acceptors (Lipinski definition) is 2. The summed E-state index contributed by atoms with van der Waals surface area (Å²) in [6.07, 6.45) is 3.79. The fourth-order valence-corrected chi connectivity index (χ4v) is 1.58. The minimum Gasteiger partial charge on any atom is -0.360 e. The molecule has 2 aromatic rings. The Bertz CT molecular complexity index is 460. The Hall–Kier alpha value is -2.22. The van der Waals surface area contributed by atoms with Crippen LogP contribution in [-0.4, -0.2) is 0 Å². The van der Waals surface area contributed by atoms with Crippen LogP contribution in [0.3, 0.4) is 0 Å². The van der Waals surface area contributed by atoms with E-state index in [-0.39, 0.29) is 0 Å². The maximum atomic E-state index is 3.21. The molecule has 2 aromatic carbocycles. The average Bonchev–Trinajstić information content (AvgIpc) is 2.39. The molecule has 92 valence electrons. The van der Waals surface area contributed by atoms with E-state index in [2.05, 4.69) is 73.0 Å². The summed E-state index contributed by atoms with van der Waals surface area (Å²) in [5.74, 6) is 0. The van der Waals surface area contributed by atoms with Crippen LogP contribution in [0, 0.1) is 13.8 Å². The average molecular weight is 238 g/mol. The SMILES string of the molecule is Cc1ccc(NC=CNc2ccc(C)cc2)cc1. The Kier molecular flexibility index (Phi) is 4.02. The summed E-state index contributed by atoms with van der Waals surface area (Å²) in [5, 5.41) is 6.42. The van der Waals surface area contributed by atoms with Gasteiger partial charge in [0.1, 0.15) is 0 Å². The molecule has 0 heterocycles. The number of nitrogens with one attached hydrogen (secondary N) is 2. The van der Waals surface area contributed by atoms with Gasteiger partial charge < -0.3 is 10.6 Å². The number of anilines is 2. The molecule has 0 radical (unpaired) electrons. The first-order chi connectivity index (χ1) is 8.74. The van der Waals surface area contributed by atoms with Crippen LogP contribution in [0.2, 0.25) is 0 Å².